The summed E-state index contributed by atoms with van der Waals surface area (Å²) in [5.41, 5.74) is 5.99. The molecule has 0 spiro atoms. The molecule has 1 fully saturated rings. The number of aromatic amines is 1. The molecule has 6 heteroatoms. The van der Waals surface area contributed by atoms with E-state index >= 15 is 0 Å². The minimum Gasteiger partial charge on any atom is -0.358 e. The maximum Gasteiger partial charge on any atom is 0.321 e. The third-order valence-electron chi connectivity index (χ3n) is 5.65. The lowest BCUT2D eigenvalue weighted by molar-refractivity contribution is 0.102. The number of hydrogen-bond acceptors (Lipinski definition) is 2. The molecular weight excluding hydrogens is 352 g/mol. The summed E-state index contributed by atoms with van der Waals surface area (Å²) in [6.45, 7) is 1.31. The van der Waals surface area contributed by atoms with Crippen LogP contribution in [0.1, 0.15) is 34.5 Å². The first-order valence-electron chi connectivity index (χ1n) is 9.79. The fourth-order valence-electron chi connectivity index (χ4n) is 4.19. The normalized spacial score (nSPS) is 16.1. The van der Waals surface area contributed by atoms with Crippen LogP contribution in [0.2, 0.25) is 0 Å². The van der Waals surface area contributed by atoms with Crippen LogP contribution in [0.25, 0.3) is 10.9 Å². The van der Waals surface area contributed by atoms with E-state index in [4.69, 9.17) is 0 Å². The zero-order valence-corrected chi connectivity index (χ0v) is 15.5. The fraction of sp³-hybridized carbons (Fsp3) is 0.273. The molecule has 2 aliphatic rings. The van der Waals surface area contributed by atoms with Gasteiger partial charge in [0.05, 0.1) is 0 Å². The Labute approximate surface area is 162 Å². The van der Waals surface area contributed by atoms with Crippen LogP contribution < -0.4 is 15.5 Å². The lowest BCUT2D eigenvalue weighted by atomic mass is 9.95. The van der Waals surface area contributed by atoms with Gasteiger partial charge in [0.2, 0.25) is 0 Å². The van der Waals surface area contributed by atoms with Gasteiger partial charge in [0.15, 0.2) is 0 Å². The van der Waals surface area contributed by atoms with E-state index < -0.39 is 0 Å². The zero-order chi connectivity index (χ0) is 19.1. The van der Waals surface area contributed by atoms with Crippen molar-refractivity contribution in [2.45, 2.75) is 25.7 Å². The van der Waals surface area contributed by atoms with Crippen LogP contribution in [0.5, 0.6) is 0 Å². The van der Waals surface area contributed by atoms with Crippen molar-refractivity contribution < 1.29 is 9.59 Å². The number of H-pyrrole nitrogens is 1. The minimum atomic E-state index is -0.126. The van der Waals surface area contributed by atoms with Crippen LogP contribution in [0, 0.1) is 0 Å². The number of carbonyl (C=O) groups is 2. The van der Waals surface area contributed by atoms with Gasteiger partial charge in [-0.1, -0.05) is 0 Å². The third-order valence-corrected chi connectivity index (χ3v) is 5.65. The minimum absolute atomic E-state index is 0.0834. The van der Waals surface area contributed by atoms with E-state index in [1.54, 1.807) is 4.90 Å². The molecule has 1 aromatic heterocycles. The number of amides is 3. The number of aromatic nitrogens is 1. The van der Waals surface area contributed by atoms with Crippen molar-refractivity contribution in [3.05, 3.63) is 59.3 Å². The Morgan fingerprint density at radius 2 is 1.86 bits per heavy atom. The van der Waals surface area contributed by atoms with E-state index in [9.17, 15) is 9.59 Å². The summed E-state index contributed by atoms with van der Waals surface area (Å²) in [7, 11) is 0. The molecule has 6 nitrogen and oxygen atoms in total. The predicted octanol–water partition coefficient (Wildman–Crippen LogP) is 3.83. The number of fused-ring (bicyclic) bond motifs is 3. The number of urea groups is 1. The van der Waals surface area contributed by atoms with Crippen molar-refractivity contribution in [3.63, 3.8) is 0 Å². The van der Waals surface area contributed by atoms with Gasteiger partial charge in [0, 0.05) is 46.6 Å². The van der Waals surface area contributed by atoms with Crippen molar-refractivity contribution in [2.75, 3.05) is 23.3 Å². The molecule has 28 heavy (non-hydrogen) atoms. The summed E-state index contributed by atoms with van der Waals surface area (Å²) in [5.74, 6) is -0.126. The predicted molar refractivity (Wildman–Crippen MR) is 110 cm³/mol. The van der Waals surface area contributed by atoms with Crippen LogP contribution in [0.3, 0.4) is 0 Å². The van der Waals surface area contributed by atoms with E-state index in [2.05, 4.69) is 15.6 Å². The van der Waals surface area contributed by atoms with Crippen molar-refractivity contribution in [1.82, 2.24) is 10.3 Å². The largest absolute Gasteiger partial charge is 0.358 e. The van der Waals surface area contributed by atoms with Gasteiger partial charge in [-0.15, -0.1) is 0 Å². The van der Waals surface area contributed by atoms with Crippen LogP contribution in [0.15, 0.2) is 42.5 Å². The first-order chi connectivity index (χ1) is 13.7. The molecule has 0 atom stereocenters. The van der Waals surface area contributed by atoms with Crippen molar-refractivity contribution in [3.8, 4) is 0 Å². The Bertz CT molecular complexity index is 1070. The number of hydrogen-bond donors (Lipinski definition) is 3. The van der Waals surface area contributed by atoms with Crippen molar-refractivity contribution >= 4 is 34.2 Å². The summed E-state index contributed by atoms with van der Waals surface area (Å²) in [5, 5.41) is 6.91. The summed E-state index contributed by atoms with van der Waals surface area (Å²) >= 11 is 0. The molecule has 1 saturated heterocycles. The molecule has 0 unspecified atom stereocenters. The van der Waals surface area contributed by atoms with Gasteiger partial charge in [-0.3, -0.25) is 9.69 Å². The number of benzene rings is 2. The molecule has 2 heterocycles. The van der Waals surface area contributed by atoms with Gasteiger partial charge in [-0.25, -0.2) is 4.79 Å². The first-order valence-corrected chi connectivity index (χ1v) is 9.79. The average molecular weight is 374 g/mol. The van der Waals surface area contributed by atoms with E-state index in [0.29, 0.717) is 24.3 Å². The van der Waals surface area contributed by atoms with Crippen molar-refractivity contribution in [1.29, 1.82) is 0 Å². The smallest absolute Gasteiger partial charge is 0.321 e. The Balaban J connectivity index is 1.35. The van der Waals surface area contributed by atoms with Gasteiger partial charge in [-0.2, -0.15) is 0 Å². The summed E-state index contributed by atoms with van der Waals surface area (Å²) in [6, 6.07) is 13.1. The number of anilines is 2. The molecule has 3 aromatic rings. The highest BCUT2D eigenvalue weighted by molar-refractivity contribution is 6.06. The Morgan fingerprint density at radius 1 is 1.04 bits per heavy atom. The molecule has 0 bridgehead atoms. The van der Waals surface area contributed by atoms with E-state index in [0.717, 1.165) is 29.4 Å². The monoisotopic (exact) mass is 374 g/mol. The molecule has 142 valence electrons. The number of nitrogens with one attached hydrogen (secondary N) is 3. The standard InChI is InChI=1S/C22H22N4O2/c27-21(24-15-6-8-16(9-7-15)26-12-11-23-22(26)28)14-5-10-20-18(13-14)17-3-1-2-4-19(17)25-20/h5-10,13,25H,1-4,11-12H2,(H,23,28)(H,24,27). The molecule has 1 aliphatic carbocycles. The lowest BCUT2D eigenvalue weighted by Crippen LogP contribution is -2.27. The second kappa shape index (κ2) is 6.71. The highest BCUT2D eigenvalue weighted by Crippen LogP contribution is 2.30. The van der Waals surface area contributed by atoms with E-state index in [1.807, 2.05) is 42.5 Å². The molecule has 3 amide bonds. The third kappa shape index (κ3) is 2.91. The summed E-state index contributed by atoms with van der Waals surface area (Å²) in [4.78, 5) is 29.7. The Morgan fingerprint density at radius 3 is 2.64 bits per heavy atom. The van der Waals surface area contributed by atoms with Crippen LogP contribution in [0.4, 0.5) is 16.2 Å². The van der Waals surface area contributed by atoms with Gasteiger partial charge in [-0.05, 0) is 73.7 Å². The highest BCUT2D eigenvalue weighted by Gasteiger charge is 2.21. The Kier molecular flexibility index (Phi) is 4.04. The second-order valence-electron chi connectivity index (χ2n) is 7.43. The second-order valence-corrected chi connectivity index (χ2v) is 7.43. The average Bonchev–Trinajstić information content (AvgIpc) is 3.31. The lowest BCUT2D eigenvalue weighted by Gasteiger charge is -2.14. The number of rotatable bonds is 3. The van der Waals surface area contributed by atoms with Gasteiger partial charge in [0.25, 0.3) is 5.91 Å². The number of aryl methyl sites for hydroxylation is 2. The molecule has 0 radical (unpaired) electrons. The van der Waals surface area contributed by atoms with Gasteiger partial charge < -0.3 is 15.6 Å². The topological polar surface area (TPSA) is 77.2 Å². The van der Waals surface area contributed by atoms with Gasteiger partial charge in [0.1, 0.15) is 0 Å². The van der Waals surface area contributed by atoms with Crippen LogP contribution >= 0.6 is 0 Å². The molecule has 2 aromatic carbocycles. The summed E-state index contributed by atoms with van der Waals surface area (Å²) < 4.78 is 0. The Hall–Kier alpha value is -3.28. The molecule has 3 N–H and O–H groups in total. The van der Waals surface area contributed by atoms with Crippen LogP contribution in [-0.4, -0.2) is 30.0 Å². The first kappa shape index (κ1) is 16.9. The highest BCUT2D eigenvalue weighted by atomic mass is 16.2. The molecule has 5 rings (SSSR count). The van der Waals surface area contributed by atoms with Gasteiger partial charge >= 0.3 is 6.03 Å². The zero-order valence-electron chi connectivity index (χ0n) is 15.5. The maximum absolute atomic E-state index is 12.7. The number of carbonyl (C=O) groups excluding carboxylic acids is 2. The molecular formula is C22H22N4O2. The molecule has 0 saturated carbocycles. The SMILES string of the molecule is O=C(Nc1ccc(N2CCNC2=O)cc1)c1ccc2[nH]c3c(c2c1)CCCC3. The molecule has 1 aliphatic heterocycles. The van der Waals surface area contributed by atoms with Crippen LogP contribution in [-0.2, 0) is 12.8 Å². The summed E-state index contributed by atoms with van der Waals surface area (Å²) in [6.07, 6.45) is 4.60. The van der Waals surface area contributed by atoms with Crippen molar-refractivity contribution in [2.24, 2.45) is 0 Å². The van der Waals surface area contributed by atoms with E-state index in [-0.39, 0.29) is 11.9 Å². The quantitative estimate of drug-likeness (QED) is 0.652. The fourth-order valence-corrected chi connectivity index (χ4v) is 4.19. The maximum atomic E-state index is 12.7. The number of nitrogens with zero attached hydrogens (tertiary/aromatic N) is 1. The van der Waals surface area contributed by atoms with E-state index in [1.165, 1.54) is 24.1 Å².